The molecular weight excluding hydrogens is 455 g/mol. The standard InChI is InChI=1S/C20H34N4O2.HI/c1-15-13-23-18(16(2)19(15)25-4)14-24-20(21-3)22-11-8-12-26-17-9-6-5-7-10-17;/h13,17H,5-12,14H2,1-4H3,(H2,21,22,24);1H. The highest BCUT2D eigenvalue weighted by Crippen LogP contribution is 2.23. The molecule has 1 aliphatic carbocycles. The van der Waals surface area contributed by atoms with Crippen molar-refractivity contribution < 1.29 is 9.47 Å². The molecule has 2 N–H and O–H groups in total. The molecule has 0 atom stereocenters. The van der Waals surface area contributed by atoms with Gasteiger partial charge in [-0.15, -0.1) is 24.0 Å². The zero-order valence-electron chi connectivity index (χ0n) is 17.1. The molecule has 7 heteroatoms. The fourth-order valence-electron chi connectivity index (χ4n) is 3.40. The molecular formula is C20H35IN4O2. The topological polar surface area (TPSA) is 67.8 Å². The first-order valence-corrected chi connectivity index (χ1v) is 9.71. The molecule has 1 heterocycles. The minimum absolute atomic E-state index is 0. The second kappa shape index (κ2) is 13.1. The number of hydrogen-bond acceptors (Lipinski definition) is 4. The van der Waals surface area contributed by atoms with E-state index in [0.29, 0.717) is 12.6 Å². The van der Waals surface area contributed by atoms with Crippen LogP contribution in [-0.2, 0) is 11.3 Å². The van der Waals surface area contributed by atoms with Crippen LogP contribution in [-0.4, -0.2) is 44.4 Å². The van der Waals surface area contributed by atoms with Crippen molar-refractivity contribution in [1.29, 1.82) is 0 Å². The van der Waals surface area contributed by atoms with Crippen molar-refractivity contribution in [3.05, 3.63) is 23.0 Å². The summed E-state index contributed by atoms with van der Waals surface area (Å²) in [7, 11) is 3.48. The summed E-state index contributed by atoms with van der Waals surface area (Å²) >= 11 is 0. The van der Waals surface area contributed by atoms with Gasteiger partial charge in [0.1, 0.15) is 5.75 Å². The van der Waals surface area contributed by atoms with Crippen LogP contribution in [0.5, 0.6) is 5.75 Å². The smallest absolute Gasteiger partial charge is 0.191 e. The molecule has 0 spiro atoms. The van der Waals surface area contributed by atoms with E-state index < -0.39 is 0 Å². The number of aryl methyl sites for hydroxylation is 1. The van der Waals surface area contributed by atoms with Gasteiger partial charge in [0.25, 0.3) is 0 Å². The van der Waals surface area contributed by atoms with Crippen LogP contribution in [0.2, 0.25) is 0 Å². The molecule has 154 valence electrons. The Balaban J connectivity index is 0.00000364. The Bertz CT molecular complexity index is 590. The van der Waals surface area contributed by atoms with Crippen LogP contribution >= 0.6 is 24.0 Å². The third-order valence-corrected chi connectivity index (χ3v) is 4.92. The zero-order chi connectivity index (χ0) is 18.8. The second-order valence-electron chi connectivity index (χ2n) is 6.88. The lowest BCUT2D eigenvalue weighted by molar-refractivity contribution is 0.0277. The van der Waals surface area contributed by atoms with Crippen LogP contribution in [0.15, 0.2) is 11.2 Å². The number of aliphatic imine (C=N–C) groups is 1. The number of hydrogen-bond donors (Lipinski definition) is 2. The van der Waals surface area contributed by atoms with E-state index in [-0.39, 0.29) is 24.0 Å². The summed E-state index contributed by atoms with van der Waals surface area (Å²) in [6.45, 7) is 6.31. The number of ether oxygens (including phenoxy) is 2. The SMILES string of the molecule is CN=C(NCCCOC1CCCCC1)NCc1ncc(C)c(OC)c1C.I. The summed E-state index contributed by atoms with van der Waals surface area (Å²) in [5, 5.41) is 6.65. The molecule has 0 radical (unpaired) electrons. The van der Waals surface area contributed by atoms with E-state index in [4.69, 9.17) is 9.47 Å². The number of nitrogens with one attached hydrogen (secondary N) is 2. The molecule has 1 aromatic rings. The van der Waals surface area contributed by atoms with Crippen LogP contribution in [0, 0.1) is 13.8 Å². The van der Waals surface area contributed by atoms with Gasteiger partial charge in [-0.3, -0.25) is 9.98 Å². The van der Waals surface area contributed by atoms with Gasteiger partial charge in [0.05, 0.1) is 25.5 Å². The molecule has 6 nitrogen and oxygen atoms in total. The van der Waals surface area contributed by atoms with Gasteiger partial charge < -0.3 is 20.1 Å². The second-order valence-corrected chi connectivity index (χ2v) is 6.88. The lowest BCUT2D eigenvalue weighted by Crippen LogP contribution is -2.38. The highest BCUT2D eigenvalue weighted by molar-refractivity contribution is 14.0. The van der Waals surface area contributed by atoms with Gasteiger partial charge in [-0.25, -0.2) is 0 Å². The third-order valence-electron chi connectivity index (χ3n) is 4.92. The van der Waals surface area contributed by atoms with Crippen LogP contribution in [0.3, 0.4) is 0 Å². The van der Waals surface area contributed by atoms with Crippen LogP contribution in [0.25, 0.3) is 0 Å². The van der Waals surface area contributed by atoms with E-state index in [9.17, 15) is 0 Å². The molecule has 1 aliphatic rings. The number of methoxy groups -OCH3 is 1. The molecule has 2 rings (SSSR count). The Kier molecular flexibility index (Phi) is 11.7. The van der Waals surface area contributed by atoms with E-state index >= 15 is 0 Å². The van der Waals surface area contributed by atoms with Crippen molar-refractivity contribution in [3.8, 4) is 5.75 Å². The summed E-state index contributed by atoms with van der Waals surface area (Å²) in [6, 6.07) is 0. The summed E-state index contributed by atoms with van der Waals surface area (Å²) in [5.74, 6) is 1.68. The van der Waals surface area contributed by atoms with Crippen LogP contribution in [0.4, 0.5) is 0 Å². The average Bonchev–Trinajstić information content (AvgIpc) is 2.66. The minimum atomic E-state index is 0. The quantitative estimate of drug-likeness (QED) is 0.252. The van der Waals surface area contributed by atoms with Crippen molar-refractivity contribution in [3.63, 3.8) is 0 Å². The molecule has 27 heavy (non-hydrogen) atoms. The number of nitrogens with zero attached hydrogens (tertiary/aromatic N) is 2. The van der Waals surface area contributed by atoms with Gasteiger partial charge in [-0.1, -0.05) is 19.3 Å². The summed E-state index contributed by atoms with van der Waals surface area (Å²) in [4.78, 5) is 8.78. The normalized spacial score (nSPS) is 15.2. The fourth-order valence-corrected chi connectivity index (χ4v) is 3.40. The maximum Gasteiger partial charge on any atom is 0.191 e. The van der Waals surface area contributed by atoms with Gasteiger partial charge in [0.2, 0.25) is 0 Å². The van der Waals surface area contributed by atoms with E-state index in [2.05, 4.69) is 20.6 Å². The Morgan fingerprint density at radius 1 is 1.22 bits per heavy atom. The first-order valence-electron chi connectivity index (χ1n) is 9.71. The van der Waals surface area contributed by atoms with Gasteiger partial charge in [0, 0.05) is 37.5 Å². The number of halogens is 1. The highest BCUT2D eigenvalue weighted by atomic mass is 127. The number of pyridine rings is 1. The van der Waals surface area contributed by atoms with Crippen molar-refractivity contribution in [2.45, 2.75) is 65.0 Å². The third kappa shape index (κ3) is 7.81. The van der Waals surface area contributed by atoms with Crippen molar-refractivity contribution in [1.82, 2.24) is 15.6 Å². The Hall–Kier alpha value is -1.09. The van der Waals surface area contributed by atoms with Gasteiger partial charge in [-0.2, -0.15) is 0 Å². The highest BCUT2D eigenvalue weighted by Gasteiger charge is 2.13. The van der Waals surface area contributed by atoms with Gasteiger partial charge in [-0.05, 0) is 33.1 Å². The van der Waals surface area contributed by atoms with Gasteiger partial charge in [0.15, 0.2) is 5.96 Å². The molecule has 0 unspecified atom stereocenters. The molecule has 0 bridgehead atoms. The van der Waals surface area contributed by atoms with E-state index in [1.54, 1.807) is 14.2 Å². The summed E-state index contributed by atoms with van der Waals surface area (Å²) < 4.78 is 11.4. The molecule has 0 saturated heterocycles. The van der Waals surface area contributed by atoms with Crippen molar-refractivity contribution in [2.75, 3.05) is 27.3 Å². The molecule has 1 fully saturated rings. The minimum Gasteiger partial charge on any atom is -0.496 e. The molecule has 0 aliphatic heterocycles. The average molecular weight is 490 g/mol. The lowest BCUT2D eigenvalue weighted by atomic mass is 9.98. The first kappa shape index (κ1) is 23.9. The van der Waals surface area contributed by atoms with Crippen LogP contribution < -0.4 is 15.4 Å². The molecule has 0 amide bonds. The van der Waals surface area contributed by atoms with E-state index in [0.717, 1.165) is 48.1 Å². The summed E-state index contributed by atoms with van der Waals surface area (Å²) in [5.41, 5.74) is 3.08. The number of rotatable bonds is 8. The molecule has 1 aromatic heterocycles. The molecule has 1 saturated carbocycles. The Morgan fingerprint density at radius 3 is 2.63 bits per heavy atom. The number of aromatic nitrogens is 1. The lowest BCUT2D eigenvalue weighted by Gasteiger charge is -2.22. The number of guanidine groups is 1. The Morgan fingerprint density at radius 2 is 1.96 bits per heavy atom. The van der Waals surface area contributed by atoms with Crippen molar-refractivity contribution in [2.24, 2.45) is 4.99 Å². The molecule has 0 aromatic carbocycles. The predicted molar refractivity (Wildman–Crippen MR) is 121 cm³/mol. The monoisotopic (exact) mass is 490 g/mol. The maximum absolute atomic E-state index is 5.96. The first-order chi connectivity index (χ1) is 12.7. The maximum atomic E-state index is 5.96. The fraction of sp³-hybridized carbons (Fsp3) is 0.700. The van der Waals surface area contributed by atoms with Crippen molar-refractivity contribution >= 4 is 29.9 Å². The largest absolute Gasteiger partial charge is 0.496 e. The Labute approximate surface area is 180 Å². The van der Waals surface area contributed by atoms with Gasteiger partial charge >= 0.3 is 0 Å². The predicted octanol–water partition coefficient (Wildman–Crippen LogP) is 3.73. The van der Waals surface area contributed by atoms with Crippen LogP contribution in [0.1, 0.15) is 55.3 Å². The van der Waals surface area contributed by atoms with E-state index in [1.807, 2.05) is 20.0 Å². The zero-order valence-corrected chi connectivity index (χ0v) is 19.5. The summed E-state index contributed by atoms with van der Waals surface area (Å²) in [6.07, 6.45) is 9.75. The van der Waals surface area contributed by atoms with E-state index in [1.165, 1.54) is 32.1 Å².